The summed E-state index contributed by atoms with van der Waals surface area (Å²) in [7, 11) is -1.44. The van der Waals surface area contributed by atoms with Crippen LogP contribution in [-0.2, 0) is 42.4 Å². The lowest BCUT2D eigenvalue weighted by Gasteiger charge is -2.16. The van der Waals surface area contributed by atoms with Crippen LogP contribution in [0.25, 0.3) is 0 Å². The van der Waals surface area contributed by atoms with Crippen LogP contribution >= 0.6 is 0 Å². The fourth-order valence-corrected chi connectivity index (χ4v) is 2.56. The SMILES string of the molecule is C=CC(=O)OCCOCCOCCOCCOCCOCCOCCO[Si](C)(C)C. The lowest BCUT2D eigenvalue weighted by atomic mass is 10.6. The lowest BCUT2D eigenvalue weighted by molar-refractivity contribution is -0.139. The molecule has 0 radical (unpaired) electrons. The molecule has 0 heterocycles. The molecule has 9 nitrogen and oxygen atoms in total. The maximum atomic E-state index is 10.8. The third kappa shape index (κ3) is 25.2. The van der Waals surface area contributed by atoms with Crippen molar-refractivity contribution in [3.63, 3.8) is 0 Å². The zero-order valence-electron chi connectivity index (χ0n) is 18.9. The van der Waals surface area contributed by atoms with E-state index in [4.69, 9.17) is 37.6 Å². The Balaban J connectivity index is 3.07. The molecule has 0 bridgehead atoms. The van der Waals surface area contributed by atoms with Crippen LogP contribution in [0.4, 0.5) is 0 Å². The first kappa shape index (κ1) is 29.1. The van der Waals surface area contributed by atoms with Gasteiger partial charge in [-0.3, -0.25) is 0 Å². The van der Waals surface area contributed by atoms with E-state index in [2.05, 4.69) is 26.2 Å². The van der Waals surface area contributed by atoms with E-state index < -0.39 is 14.3 Å². The predicted molar refractivity (Wildman–Crippen MR) is 115 cm³/mol. The third-order valence-electron chi connectivity index (χ3n) is 3.26. The van der Waals surface area contributed by atoms with Gasteiger partial charge >= 0.3 is 5.97 Å². The van der Waals surface area contributed by atoms with Gasteiger partial charge in [0.25, 0.3) is 0 Å². The Hall–Kier alpha value is -0.853. The topological polar surface area (TPSA) is 90.9 Å². The maximum Gasteiger partial charge on any atom is 0.330 e. The van der Waals surface area contributed by atoms with Gasteiger partial charge in [0.15, 0.2) is 8.32 Å². The van der Waals surface area contributed by atoms with Crippen LogP contribution < -0.4 is 0 Å². The molecule has 0 aromatic rings. The van der Waals surface area contributed by atoms with E-state index in [0.29, 0.717) is 85.9 Å². The fraction of sp³-hybridized carbons (Fsp3) is 0.850. The van der Waals surface area contributed by atoms with E-state index in [9.17, 15) is 4.79 Å². The number of rotatable bonds is 23. The van der Waals surface area contributed by atoms with Gasteiger partial charge in [-0.1, -0.05) is 6.58 Å². The quantitative estimate of drug-likeness (QED) is 0.0993. The lowest BCUT2D eigenvalue weighted by Crippen LogP contribution is -2.27. The number of hydrogen-bond donors (Lipinski definition) is 0. The zero-order chi connectivity index (χ0) is 22.3. The molecule has 0 saturated heterocycles. The van der Waals surface area contributed by atoms with Crippen LogP contribution in [0.1, 0.15) is 0 Å². The number of hydrogen-bond acceptors (Lipinski definition) is 9. The zero-order valence-corrected chi connectivity index (χ0v) is 19.9. The first-order chi connectivity index (χ1) is 14.5. The Morgan fingerprint density at radius 2 is 0.900 bits per heavy atom. The monoisotopic (exact) mass is 452 g/mol. The molecule has 0 spiro atoms. The van der Waals surface area contributed by atoms with Crippen molar-refractivity contribution >= 4 is 14.3 Å². The van der Waals surface area contributed by atoms with E-state index in [0.717, 1.165) is 6.08 Å². The molecule has 0 rings (SSSR count). The van der Waals surface area contributed by atoms with Crippen molar-refractivity contribution in [2.24, 2.45) is 0 Å². The highest BCUT2D eigenvalue weighted by Gasteiger charge is 2.12. The normalized spacial score (nSPS) is 11.6. The first-order valence-corrected chi connectivity index (χ1v) is 13.8. The second-order valence-corrected chi connectivity index (χ2v) is 11.5. The van der Waals surface area contributed by atoms with Crippen molar-refractivity contribution in [3.05, 3.63) is 12.7 Å². The van der Waals surface area contributed by atoms with Crippen molar-refractivity contribution in [2.45, 2.75) is 19.6 Å². The van der Waals surface area contributed by atoms with Gasteiger partial charge in [-0.05, 0) is 19.6 Å². The smallest absolute Gasteiger partial charge is 0.330 e. The molecule has 0 atom stereocenters. The summed E-state index contributed by atoms with van der Waals surface area (Å²) in [5.41, 5.74) is 0. The number of esters is 1. The van der Waals surface area contributed by atoms with Crippen molar-refractivity contribution in [1.29, 1.82) is 0 Å². The van der Waals surface area contributed by atoms with Gasteiger partial charge in [0.1, 0.15) is 6.61 Å². The average molecular weight is 453 g/mol. The summed E-state index contributed by atoms with van der Waals surface area (Å²) in [5.74, 6) is -0.451. The maximum absolute atomic E-state index is 10.8. The van der Waals surface area contributed by atoms with Gasteiger partial charge in [0.2, 0.25) is 0 Å². The largest absolute Gasteiger partial charge is 0.460 e. The van der Waals surface area contributed by atoms with Gasteiger partial charge in [0, 0.05) is 6.08 Å². The second-order valence-electron chi connectivity index (χ2n) is 7.01. The Kier molecular flexibility index (Phi) is 20.8. The molecule has 0 N–H and O–H groups in total. The minimum Gasteiger partial charge on any atom is -0.460 e. The highest BCUT2D eigenvalue weighted by atomic mass is 28.4. The number of carbonyl (C=O) groups is 1. The van der Waals surface area contributed by atoms with E-state index in [-0.39, 0.29) is 6.61 Å². The molecule has 0 amide bonds. The Morgan fingerprint density at radius 1 is 0.600 bits per heavy atom. The van der Waals surface area contributed by atoms with E-state index >= 15 is 0 Å². The van der Waals surface area contributed by atoms with Crippen LogP contribution in [0.3, 0.4) is 0 Å². The summed E-state index contributed by atoms with van der Waals surface area (Å²) in [4.78, 5) is 10.8. The van der Waals surface area contributed by atoms with Gasteiger partial charge in [-0.2, -0.15) is 0 Å². The number of ether oxygens (including phenoxy) is 7. The van der Waals surface area contributed by atoms with Crippen LogP contribution in [0.5, 0.6) is 0 Å². The van der Waals surface area contributed by atoms with Gasteiger partial charge in [-0.25, -0.2) is 4.79 Å². The molecular weight excluding hydrogens is 412 g/mol. The van der Waals surface area contributed by atoms with Crippen molar-refractivity contribution in [1.82, 2.24) is 0 Å². The van der Waals surface area contributed by atoms with Crippen molar-refractivity contribution < 1.29 is 42.4 Å². The molecule has 0 fully saturated rings. The minimum absolute atomic E-state index is 0.209. The van der Waals surface area contributed by atoms with Crippen LogP contribution in [-0.4, -0.2) is 107 Å². The fourth-order valence-electron chi connectivity index (χ4n) is 1.87. The summed E-state index contributed by atoms with van der Waals surface area (Å²) in [6.07, 6.45) is 1.12. The Labute approximate surface area is 182 Å². The highest BCUT2D eigenvalue weighted by Crippen LogP contribution is 2.01. The van der Waals surface area contributed by atoms with E-state index in [1.165, 1.54) is 0 Å². The molecule has 0 aromatic heterocycles. The Bertz CT molecular complexity index is 402. The summed E-state index contributed by atoms with van der Waals surface area (Å²) in [6, 6.07) is 0. The minimum atomic E-state index is -1.44. The summed E-state index contributed by atoms with van der Waals surface area (Å²) >= 11 is 0. The summed E-state index contributed by atoms with van der Waals surface area (Å²) in [6.45, 7) is 16.6. The predicted octanol–water partition coefficient (Wildman–Crippen LogP) is 1.67. The van der Waals surface area contributed by atoms with Crippen LogP contribution in [0.15, 0.2) is 12.7 Å². The molecular formula is C20H40O9Si. The summed E-state index contributed by atoms with van der Waals surface area (Å²) < 4.78 is 42.7. The first-order valence-electron chi connectivity index (χ1n) is 10.4. The van der Waals surface area contributed by atoms with Crippen molar-refractivity contribution in [3.8, 4) is 0 Å². The third-order valence-corrected chi connectivity index (χ3v) is 4.33. The van der Waals surface area contributed by atoms with E-state index in [1.54, 1.807) is 0 Å². The highest BCUT2D eigenvalue weighted by molar-refractivity contribution is 6.69. The van der Waals surface area contributed by atoms with Gasteiger partial charge in [0.05, 0.1) is 85.9 Å². The molecule has 0 aliphatic carbocycles. The van der Waals surface area contributed by atoms with Gasteiger partial charge in [-0.15, -0.1) is 0 Å². The second kappa shape index (κ2) is 21.4. The average Bonchev–Trinajstić information content (AvgIpc) is 2.70. The molecule has 178 valence electrons. The van der Waals surface area contributed by atoms with E-state index in [1.807, 2.05) is 0 Å². The summed E-state index contributed by atoms with van der Waals surface area (Å²) in [5, 5.41) is 0. The molecule has 10 heteroatoms. The molecule has 0 aliphatic heterocycles. The Morgan fingerprint density at radius 3 is 1.20 bits per heavy atom. The molecule has 30 heavy (non-hydrogen) atoms. The molecule has 0 aliphatic rings. The molecule has 0 saturated carbocycles. The standard InChI is InChI=1S/C20H40O9Si/c1-5-20(21)28-18-16-26-14-12-24-10-8-22-6-7-23-9-11-25-13-15-27-17-19-29-30(2,3)4/h5H,1,6-19H2,2-4H3. The van der Waals surface area contributed by atoms with Gasteiger partial charge < -0.3 is 37.6 Å². The van der Waals surface area contributed by atoms with Crippen LogP contribution in [0, 0.1) is 0 Å². The molecule has 0 unspecified atom stereocenters. The van der Waals surface area contributed by atoms with Crippen LogP contribution in [0.2, 0.25) is 19.6 Å². The molecule has 0 aromatic carbocycles. The number of carbonyl (C=O) groups excluding carboxylic acids is 1. The van der Waals surface area contributed by atoms with Crippen molar-refractivity contribution in [2.75, 3.05) is 92.5 Å².